The number of aromatic nitrogens is 1. The molecule has 6 nitrogen and oxygen atoms in total. The van der Waals surface area contributed by atoms with Crippen molar-refractivity contribution in [2.45, 2.75) is 18.9 Å². The first kappa shape index (κ1) is 15.2. The molecule has 0 radical (unpaired) electrons. The number of likely N-dealkylation sites (tertiary alicyclic amines) is 1. The molecule has 2 amide bonds. The van der Waals surface area contributed by atoms with Crippen LogP contribution in [0.4, 0.5) is 4.39 Å². The number of carbonyl (C=O) groups is 2. The lowest BCUT2D eigenvalue weighted by atomic mass is 10.0. The van der Waals surface area contributed by atoms with Crippen LogP contribution in [0.1, 0.15) is 33.8 Å². The van der Waals surface area contributed by atoms with Crippen LogP contribution in [-0.2, 0) is 0 Å². The van der Waals surface area contributed by atoms with Crippen LogP contribution in [0.2, 0.25) is 0 Å². The van der Waals surface area contributed by atoms with Crippen LogP contribution in [0.3, 0.4) is 0 Å². The van der Waals surface area contributed by atoms with E-state index in [1.165, 1.54) is 18.5 Å². The lowest BCUT2D eigenvalue weighted by molar-refractivity contribution is 0.0667. The van der Waals surface area contributed by atoms with Crippen LogP contribution in [0.15, 0.2) is 41.3 Å². The van der Waals surface area contributed by atoms with Crippen molar-refractivity contribution in [3.8, 4) is 0 Å². The molecule has 2 aromatic rings. The molecule has 0 atom stereocenters. The van der Waals surface area contributed by atoms with Crippen LogP contribution in [0.5, 0.6) is 0 Å². The Hall–Kier alpha value is -2.70. The number of halogens is 1. The molecule has 3 rings (SSSR count). The third-order valence-corrected chi connectivity index (χ3v) is 3.87. The van der Waals surface area contributed by atoms with E-state index in [-0.39, 0.29) is 17.5 Å². The van der Waals surface area contributed by atoms with Crippen molar-refractivity contribution >= 4 is 11.8 Å². The summed E-state index contributed by atoms with van der Waals surface area (Å²) < 4.78 is 18.6. The molecule has 7 heteroatoms. The molecule has 0 aliphatic carbocycles. The highest BCUT2D eigenvalue weighted by molar-refractivity contribution is 5.94. The van der Waals surface area contributed by atoms with E-state index in [9.17, 15) is 14.0 Å². The number of nitrogens with one attached hydrogen (secondary N) is 1. The third kappa shape index (κ3) is 3.39. The summed E-state index contributed by atoms with van der Waals surface area (Å²) in [6.45, 7) is 1.03. The van der Waals surface area contributed by atoms with E-state index in [0.29, 0.717) is 31.7 Å². The molecular formula is C16H16FN3O3. The van der Waals surface area contributed by atoms with Gasteiger partial charge in [-0.05, 0) is 31.0 Å². The molecule has 0 saturated carbocycles. The molecule has 0 bridgehead atoms. The molecule has 3 heterocycles. The normalized spacial score (nSPS) is 15.4. The molecule has 0 aromatic carbocycles. The van der Waals surface area contributed by atoms with Gasteiger partial charge in [0.25, 0.3) is 11.8 Å². The standard InChI is InChI=1S/C16H16FN3O3/c17-13-10-18-6-3-12(13)15(21)19-11-4-7-20(8-5-11)16(22)14-2-1-9-23-14/h1-3,6,9-11H,4-5,7-8H2,(H,19,21). The van der Waals surface area contributed by atoms with Gasteiger partial charge >= 0.3 is 0 Å². The summed E-state index contributed by atoms with van der Waals surface area (Å²) in [5, 5.41) is 2.80. The molecule has 1 aliphatic heterocycles. The van der Waals surface area contributed by atoms with Gasteiger partial charge in [-0.25, -0.2) is 4.39 Å². The Morgan fingerprint density at radius 2 is 2.09 bits per heavy atom. The van der Waals surface area contributed by atoms with Crippen LogP contribution >= 0.6 is 0 Å². The second-order valence-corrected chi connectivity index (χ2v) is 5.37. The molecule has 1 fully saturated rings. The molecule has 2 aromatic heterocycles. The average molecular weight is 317 g/mol. The van der Waals surface area contributed by atoms with Gasteiger partial charge in [0.1, 0.15) is 0 Å². The molecular weight excluding hydrogens is 301 g/mol. The average Bonchev–Trinajstić information content (AvgIpc) is 3.09. The number of hydrogen-bond donors (Lipinski definition) is 1. The summed E-state index contributed by atoms with van der Waals surface area (Å²) in [6, 6.07) is 4.56. The molecule has 120 valence electrons. The summed E-state index contributed by atoms with van der Waals surface area (Å²) in [5.74, 6) is -0.942. The summed E-state index contributed by atoms with van der Waals surface area (Å²) in [5.41, 5.74) is -0.0194. The first-order chi connectivity index (χ1) is 11.1. The van der Waals surface area contributed by atoms with Gasteiger partial charge in [0.2, 0.25) is 0 Å². The van der Waals surface area contributed by atoms with Crippen LogP contribution in [0.25, 0.3) is 0 Å². The van der Waals surface area contributed by atoms with E-state index in [1.807, 2.05) is 0 Å². The van der Waals surface area contributed by atoms with Gasteiger partial charge < -0.3 is 14.6 Å². The van der Waals surface area contributed by atoms with Gasteiger partial charge in [0.05, 0.1) is 18.0 Å². The van der Waals surface area contributed by atoms with Crippen molar-refractivity contribution < 1.29 is 18.4 Å². The predicted molar refractivity (Wildman–Crippen MR) is 79.3 cm³/mol. The van der Waals surface area contributed by atoms with Crippen molar-refractivity contribution in [3.63, 3.8) is 0 Å². The highest BCUT2D eigenvalue weighted by atomic mass is 19.1. The van der Waals surface area contributed by atoms with E-state index in [4.69, 9.17) is 4.42 Å². The van der Waals surface area contributed by atoms with Crippen LogP contribution < -0.4 is 5.32 Å². The molecule has 0 unspecified atom stereocenters. The van der Waals surface area contributed by atoms with E-state index in [0.717, 1.165) is 6.20 Å². The summed E-state index contributed by atoms with van der Waals surface area (Å²) in [4.78, 5) is 29.5. The number of furan rings is 1. The third-order valence-electron chi connectivity index (χ3n) is 3.87. The summed E-state index contributed by atoms with van der Waals surface area (Å²) in [7, 11) is 0. The Balaban J connectivity index is 1.54. The number of pyridine rings is 1. The number of hydrogen-bond acceptors (Lipinski definition) is 4. The van der Waals surface area contributed by atoms with Crippen molar-refractivity contribution in [2.24, 2.45) is 0 Å². The van der Waals surface area contributed by atoms with Crippen molar-refractivity contribution in [1.82, 2.24) is 15.2 Å². The maximum atomic E-state index is 13.5. The lowest BCUT2D eigenvalue weighted by Gasteiger charge is -2.31. The van der Waals surface area contributed by atoms with Gasteiger partial charge in [0, 0.05) is 25.3 Å². The lowest BCUT2D eigenvalue weighted by Crippen LogP contribution is -2.46. The van der Waals surface area contributed by atoms with E-state index in [1.54, 1.807) is 17.0 Å². The second kappa shape index (κ2) is 6.60. The quantitative estimate of drug-likeness (QED) is 0.937. The first-order valence-corrected chi connectivity index (χ1v) is 7.38. The molecule has 0 spiro atoms. The van der Waals surface area contributed by atoms with Crippen LogP contribution in [0, 0.1) is 5.82 Å². The maximum Gasteiger partial charge on any atom is 0.289 e. The maximum absolute atomic E-state index is 13.5. The fraction of sp³-hybridized carbons (Fsp3) is 0.312. The minimum Gasteiger partial charge on any atom is -0.459 e. The Kier molecular flexibility index (Phi) is 4.36. The minimum absolute atomic E-state index is 0.0194. The topological polar surface area (TPSA) is 75.4 Å². The van der Waals surface area contributed by atoms with E-state index >= 15 is 0 Å². The minimum atomic E-state index is -0.643. The summed E-state index contributed by atoms with van der Waals surface area (Å²) in [6.07, 6.45) is 5.08. The van der Waals surface area contributed by atoms with Gasteiger partial charge in [-0.2, -0.15) is 0 Å². The van der Waals surface area contributed by atoms with Gasteiger partial charge in [-0.15, -0.1) is 0 Å². The van der Waals surface area contributed by atoms with Crippen LogP contribution in [-0.4, -0.2) is 40.8 Å². The van der Waals surface area contributed by atoms with E-state index in [2.05, 4.69) is 10.3 Å². The number of carbonyl (C=O) groups excluding carboxylic acids is 2. The summed E-state index contributed by atoms with van der Waals surface area (Å²) >= 11 is 0. The van der Waals surface area contributed by atoms with Crippen molar-refractivity contribution in [3.05, 3.63) is 54.0 Å². The highest BCUT2D eigenvalue weighted by Crippen LogP contribution is 2.15. The Morgan fingerprint density at radius 1 is 1.30 bits per heavy atom. The number of nitrogens with zero attached hydrogens (tertiary/aromatic N) is 2. The number of rotatable bonds is 3. The fourth-order valence-corrected chi connectivity index (χ4v) is 2.61. The van der Waals surface area contributed by atoms with Gasteiger partial charge in [-0.3, -0.25) is 14.6 Å². The Bertz CT molecular complexity index is 694. The second-order valence-electron chi connectivity index (χ2n) is 5.37. The van der Waals surface area contributed by atoms with Gasteiger partial charge in [-0.1, -0.05) is 0 Å². The van der Waals surface area contributed by atoms with Crippen molar-refractivity contribution in [2.75, 3.05) is 13.1 Å². The van der Waals surface area contributed by atoms with E-state index < -0.39 is 11.7 Å². The molecule has 1 saturated heterocycles. The van der Waals surface area contributed by atoms with Crippen molar-refractivity contribution in [1.29, 1.82) is 0 Å². The fourth-order valence-electron chi connectivity index (χ4n) is 2.61. The number of piperidine rings is 1. The zero-order valence-corrected chi connectivity index (χ0v) is 12.4. The zero-order valence-electron chi connectivity index (χ0n) is 12.4. The Morgan fingerprint density at radius 3 is 2.74 bits per heavy atom. The monoisotopic (exact) mass is 317 g/mol. The van der Waals surface area contributed by atoms with Gasteiger partial charge in [0.15, 0.2) is 11.6 Å². The predicted octanol–water partition coefficient (Wildman–Crippen LogP) is 1.85. The Labute approximate surface area is 132 Å². The molecule has 1 N–H and O–H groups in total. The highest BCUT2D eigenvalue weighted by Gasteiger charge is 2.26. The smallest absolute Gasteiger partial charge is 0.289 e. The SMILES string of the molecule is O=C(NC1CCN(C(=O)c2ccco2)CC1)c1ccncc1F. The number of amides is 2. The largest absolute Gasteiger partial charge is 0.459 e. The molecule has 1 aliphatic rings. The first-order valence-electron chi connectivity index (χ1n) is 7.38. The zero-order chi connectivity index (χ0) is 16.2. The molecule has 23 heavy (non-hydrogen) atoms.